The first kappa shape index (κ1) is 8.68. The van der Waals surface area contributed by atoms with Crippen molar-refractivity contribution in [2.24, 2.45) is 4.99 Å². The summed E-state index contributed by atoms with van der Waals surface area (Å²) >= 11 is 0. The summed E-state index contributed by atoms with van der Waals surface area (Å²) in [4.78, 5) is 4.34. The van der Waals surface area contributed by atoms with Crippen molar-refractivity contribution >= 4 is 5.71 Å². The molecule has 0 radical (unpaired) electrons. The van der Waals surface area contributed by atoms with E-state index in [1.54, 1.807) is 14.2 Å². The Morgan fingerprint density at radius 3 is 2.45 bits per heavy atom. The van der Waals surface area contributed by atoms with Crippen LogP contribution in [-0.2, 0) is 9.47 Å². The molecule has 1 aliphatic heterocycles. The average molecular weight is 157 g/mol. The van der Waals surface area contributed by atoms with Gasteiger partial charge < -0.3 is 9.47 Å². The van der Waals surface area contributed by atoms with Gasteiger partial charge in [-0.3, -0.25) is 4.99 Å². The third kappa shape index (κ3) is 2.27. The molecule has 3 nitrogen and oxygen atoms in total. The van der Waals surface area contributed by atoms with Crippen molar-refractivity contribution in [3.8, 4) is 0 Å². The summed E-state index contributed by atoms with van der Waals surface area (Å²) in [5.41, 5.74) is 1.06. The van der Waals surface area contributed by atoms with E-state index in [0.717, 1.165) is 18.7 Å². The molecule has 0 bridgehead atoms. The largest absolute Gasteiger partial charge is 0.351 e. The third-order valence-corrected chi connectivity index (χ3v) is 1.86. The molecular weight excluding hydrogens is 142 g/mol. The lowest BCUT2D eigenvalue weighted by atomic mass is 10.1. The number of rotatable bonds is 3. The number of aliphatic imine (C=N–C) groups is 1. The topological polar surface area (TPSA) is 30.8 Å². The van der Waals surface area contributed by atoms with Crippen LogP contribution in [-0.4, -0.2) is 32.8 Å². The predicted molar refractivity (Wildman–Crippen MR) is 44.0 cm³/mol. The van der Waals surface area contributed by atoms with Crippen molar-refractivity contribution in [3.05, 3.63) is 0 Å². The standard InChI is InChI=1S/C8H15NO2/c1-10-8(11-2)7-5-3-4-6-9-7/h8H,3-6H2,1-2H3. The Hall–Kier alpha value is -0.410. The Morgan fingerprint density at radius 2 is 2.00 bits per heavy atom. The molecule has 11 heavy (non-hydrogen) atoms. The molecule has 0 aromatic carbocycles. The van der Waals surface area contributed by atoms with Crippen LogP contribution in [0.1, 0.15) is 19.3 Å². The maximum absolute atomic E-state index is 5.09. The van der Waals surface area contributed by atoms with Gasteiger partial charge in [0.25, 0.3) is 0 Å². The quantitative estimate of drug-likeness (QED) is 0.577. The minimum Gasteiger partial charge on any atom is -0.351 e. The molecule has 0 spiro atoms. The Morgan fingerprint density at radius 1 is 1.27 bits per heavy atom. The van der Waals surface area contributed by atoms with Crippen molar-refractivity contribution in [2.45, 2.75) is 25.6 Å². The smallest absolute Gasteiger partial charge is 0.196 e. The van der Waals surface area contributed by atoms with E-state index in [9.17, 15) is 0 Å². The van der Waals surface area contributed by atoms with Gasteiger partial charge in [-0.05, 0) is 19.3 Å². The number of nitrogens with zero attached hydrogens (tertiary/aromatic N) is 1. The third-order valence-electron chi connectivity index (χ3n) is 1.86. The van der Waals surface area contributed by atoms with Crippen LogP contribution < -0.4 is 0 Å². The highest BCUT2D eigenvalue weighted by Crippen LogP contribution is 2.10. The number of hydrogen-bond donors (Lipinski definition) is 0. The zero-order valence-corrected chi connectivity index (χ0v) is 7.17. The van der Waals surface area contributed by atoms with E-state index in [1.807, 2.05) is 0 Å². The first-order chi connectivity index (χ1) is 5.38. The normalized spacial score (nSPS) is 18.6. The second-order valence-corrected chi connectivity index (χ2v) is 2.63. The molecular formula is C8H15NO2. The van der Waals surface area contributed by atoms with Crippen LogP contribution in [0.25, 0.3) is 0 Å². The predicted octanol–water partition coefficient (Wildman–Crippen LogP) is 1.23. The monoisotopic (exact) mass is 157 g/mol. The molecule has 0 saturated carbocycles. The molecule has 3 heteroatoms. The van der Waals surface area contributed by atoms with E-state index in [1.165, 1.54) is 12.8 Å². The zero-order chi connectivity index (χ0) is 8.10. The molecule has 0 aromatic heterocycles. The summed E-state index contributed by atoms with van der Waals surface area (Å²) in [7, 11) is 3.29. The molecule has 0 unspecified atom stereocenters. The van der Waals surface area contributed by atoms with Gasteiger partial charge in [-0.15, -0.1) is 0 Å². The van der Waals surface area contributed by atoms with Gasteiger partial charge in [-0.1, -0.05) is 0 Å². The van der Waals surface area contributed by atoms with Crippen LogP contribution in [0, 0.1) is 0 Å². The van der Waals surface area contributed by atoms with Gasteiger partial charge in [-0.25, -0.2) is 0 Å². The molecule has 64 valence electrons. The second kappa shape index (κ2) is 4.46. The van der Waals surface area contributed by atoms with E-state index < -0.39 is 0 Å². The lowest BCUT2D eigenvalue weighted by molar-refractivity contribution is -0.0536. The molecule has 0 atom stereocenters. The summed E-state index contributed by atoms with van der Waals surface area (Å²) in [5.74, 6) is 0. The van der Waals surface area contributed by atoms with Crippen molar-refractivity contribution in [1.29, 1.82) is 0 Å². The number of methoxy groups -OCH3 is 2. The molecule has 0 saturated heterocycles. The van der Waals surface area contributed by atoms with Gasteiger partial charge in [0.1, 0.15) is 0 Å². The fraction of sp³-hybridized carbons (Fsp3) is 0.875. The number of hydrogen-bond acceptors (Lipinski definition) is 3. The molecule has 1 heterocycles. The number of ether oxygens (including phenoxy) is 2. The fourth-order valence-corrected chi connectivity index (χ4v) is 1.28. The van der Waals surface area contributed by atoms with Gasteiger partial charge >= 0.3 is 0 Å². The second-order valence-electron chi connectivity index (χ2n) is 2.63. The fourth-order valence-electron chi connectivity index (χ4n) is 1.28. The summed E-state index contributed by atoms with van der Waals surface area (Å²) in [6, 6.07) is 0. The van der Waals surface area contributed by atoms with Gasteiger partial charge in [0, 0.05) is 20.8 Å². The van der Waals surface area contributed by atoms with Crippen LogP contribution in [0.5, 0.6) is 0 Å². The highest BCUT2D eigenvalue weighted by Gasteiger charge is 2.15. The van der Waals surface area contributed by atoms with E-state index in [-0.39, 0.29) is 6.29 Å². The molecule has 0 fully saturated rings. The minimum atomic E-state index is -0.213. The van der Waals surface area contributed by atoms with Crippen LogP contribution in [0.3, 0.4) is 0 Å². The van der Waals surface area contributed by atoms with Crippen molar-refractivity contribution in [1.82, 2.24) is 0 Å². The molecule has 0 amide bonds. The Bertz CT molecular complexity index is 141. The molecule has 0 aliphatic carbocycles. The highest BCUT2D eigenvalue weighted by atomic mass is 16.7. The Labute approximate surface area is 67.4 Å². The SMILES string of the molecule is COC(OC)C1=NCCCC1. The highest BCUT2D eigenvalue weighted by molar-refractivity contribution is 5.88. The van der Waals surface area contributed by atoms with Crippen LogP contribution >= 0.6 is 0 Å². The summed E-state index contributed by atoms with van der Waals surface area (Å²) in [5, 5.41) is 0. The van der Waals surface area contributed by atoms with Crippen LogP contribution in [0.4, 0.5) is 0 Å². The van der Waals surface area contributed by atoms with Gasteiger partial charge in [0.15, 0.2) is 6.29 Å². The van der Waals surface area contributed by atoms with Crippen LogP contribution in [0.15, 0.2) is 4.99 Å². The van der Waals surface area contributed by atoms with E-state index in [2.05, 4.69) is 4.99 Å². The summed E-state index contributed by atoms with van der Waals surface area (Å²) in [6.45, 7) is 0.929. The van der Waals surface area contributed by atoms with Crippen molar-refractivity contribution < 1.29 is 9.47 Å². The molecule has 0 aromatic rings. The lowest BCUT2D eigenvalue weighted by Gasteiger charge is -2.18. The van der Waals surface area contributed by atoms with Gasteiger partial charge in [0.05, 0.1) is 5.71 Å². The van der Waals surface area contributed by atoms with Crippen molar-refractivity contribution in [2.75, 3.05) is 20.8 Å². The Kier molecular flexibility index (Phi) is 3.52. The molecule has 1 rings (SSSR count). The van der Waals surface area contributed by atoms with E-state index >= 15 is 0 Å². The van der Waals surface area contributed by atoms with E-state index in [0.29, 0.717) is 0 Å². The maximum atomic E-state index is 5.09. The first-order valence-electron chi connectivity index (χ1n) is 3.97. The average Bonchev–Trinajstić information content (AvgIpc) is 2.09. The lowest BCUT2D eigenvalue weighted by Crippen LogP contribution is -2.26. The van der Waals surface area contributed by atoms with Crippen LogP contribution in [0.2, 0.25) is 0 Å². The summed E-state index contributed by atoms with van der Waals surface area (Å²) in [6.07, 6.45) is 3.22. The summed E-state index contributed by atoms with van der Waals surface area (Å²) < 4.78 is 10.2. The molecule has 0 N–H and O–H groups in total. The zero-order valence-electron chi connectivity index (χ0n) is 7.17. The van der Waals surface area contributed by atoms with Gasteiger partial charge in [-0.2, -0.15) is 0 Å². The van der Waals surface area contributed by atoms with Crippen molar-refractivity contribution in [3.63, 3.8) is 0 Å². The van der Waals surface area contributed by atoms with Gasteiger partial charge in [0.2, 0.25) is 0 Å². The minimum absolute atomic E-state index is 0.213. The maximum Gasteiger partial charge on any atom is 0.196 e. The Balaban J connectivity index is 2.48. The molecule has 1 aliphatic rings. The van der Waals surface area contributed by atoms with E-state index in [4.69, 9.17) is 9.47 Å². The first-order valence-corrected chi connectivity index (χ1v) is 3.97.